The fourth-order valence-electron chi connectivity index (χ4n) is 4.27. The van der Waals surface area contributed by atoms with Crippen molar-refractivity contribution in [2.24, 2.45) is 0 Å². The van der Waals surface area contributed by atoms with E-state index in [2.05, 4.69) is 0 Å². The Labute approximate surface area is 278 Å². The van der Waals surface area contributed by atoms with Crippen LogP contribution in [0.4, 0.5) is 13.2 Å². The van der Waals surface area contributed by atoms with Gasteiger partial charge in [0, 0.05) is 45.6 Å². The Kier molecular flexibility index (Phi) is 9.96. The number of hydrogen-bond donors (Lipinski definition) is 0. The number of rotatable bonds is 9. The predicted molar refractivity (Wildman–Crippen MR) is 173 cm³/mol. The monoisotopic (exact) mass is 726 g/mol. The van der Waals surface area contributed by atoms with Gasteiger partial charge in [0.2, 0.25) is 0 Å². The molecule has 0 radical (unpaired) electrons. The van der Waals surface area contributed by atoms with Crippen LogP contribution in [0.25, 0.3) is 0 Å². The Hall–Kier alpha value is -2.96. The summed E-state index contributed by atoms with van der Waals surface area (Å²) in [4.78, 5) is 14.9. The number of hydrogen-bond acceptors (Lipinski definition) is 5. The van der Waals surface area contributed by atoms with Crippen LogP contribution in [-0.4, -0.2) is 19.7 Å². The molecule has 45 heavy (non-hydrogen) atoms. The number of ketones is 1. The summed E-state index contributed by atoms with van der Waals surface area (Å²) < 4.78 is 71.9. The first kappa shape index (κ1) is 33.4. The molecule has 5 rings (SSSR count). The molecule has 0 amide bonds. The molecule has 232 valence electrons. The molecule has 0 N–H and O–H groups in total. The average Bonchev–Trinajstić information content (AvgIpc) is 3.01. The maximum atomic E-state index is 13.8. The molecule has 0 bridgehead atoms. The molecule has 0 spiro atoms. The van der Waals surface area contributed by atoms with Crippen LogP contribution in [0, 0.1) is 0 Å². The summed E-state index contributed by atoms with van der Waals surface area (Å²) in [6, 6.07) is 31.5. The van der Waals surface area contributed by atoms with Crippen LogP contribution in [0.1, 0.15) is 15.9 Å². The van der Waals surface area contributed by atoms with Crippen LogP contribution < -0.4 is 0 Å². The summed E-state index contributed by atoms with van der Waals surface area (Å²) in [7, 11) is -9.64. The average molecular weight is 728 g/mol. The van der Waals surface area contributed by atoms with Crippen molar-refractivity contribution in [3.63, 3.8) is 0 Å². The van der Waals surface area contributed by atoms with Crippen molar-refractivity contribution >= 4 is 72.8 Å². The van der Waals surface area contributed by atoms with Gasteiger partial charge in [0.05, 0.1) is 5.02 Å². The van der Waals surface area contributed by atoms with Crippen molar-refractivity contribution in [1.29, 1.82) is 0 Å². The second-order valence-corrected chi connectivity index (χ2v) is 16.2. The fraction of sp³-hybridized carbons (Fsp3) is 0.0312. The van der Waals surface area contributed by atoms with Gasteiger partial charge in [-0.2, -0.15) is 25.2 Å². The molecule has 13 heteroatoms. The maximum absolute atomic E-state index is 13.8. The van der Waals surface area contributed by atoms with Crippen LogP contribution in [0.2, 0.25) is 15.1 Å². The Bertz CT molecular complexity index is 1890. The Balaban J connectivity index is 1.59. The van der Waals surface area contributed by atoms with Gasteiger partial charge >= 0.3 is 15.6 Å². The van der Waals surface area contributed by atoms with Crippen molar-refractivity contribution < 1.29 is 30.0 Å². The molecule has 0 heterocycles. The molecule has 0 fully saturated rings. The van der Waals surface area contributed by atoms with Crippen LogP contribution >= 0.6 is 56.9 Å². The summed E-state index contributed by atoms with van der Waals surface area (Å²) in [6.45, 7) is 0. The lowest BCUT2D eigenvalue weighted by molar-refractivity contribution is -0.0496. The lowest BCUT2D eigenvalue weighted by Gasteiger charge is -2.39. The summed E-state index contributed by atoms with van der Waals surface area (Å²) in [5.74, 6) is -0.249. The lowest BCUT2D eigenvalue weighted by Crippen LogP contribution is -2.27. The van der Waals surface area contributed by atoms with Crippen molar-refractivity contribution in [3.05, 3.63) is 148 Å². The standard InChI is InChI=1S/C32H20Cl3F3O4S3/c33-22-6-13-26(14-7-22)44(27-15-8-23(34)9-16-27,42-45(40,41)32(36,37)38)28-17-10-24(11-18-28)43-25-12-19-30(35)29(20-25)31(39)21-4-2-1-3-5-21/h1-20H. The quantitative estimate of drug-likeness (QED) is 0.112. The van der Waals surface area contributed by atoms with Crippen LogP contribution in [0.15, 0.2) is 146 Å². The normalized spacial score (nSPS) is 12.6. The van der Waals surface area contributed by atoms with Crippen LogP contribution in [0.5, 0.6) is 0 Å². The highest BCUT2D eigenvalue weighted by Gasteiger charge is 2.52. The summed E-state index contributed by atoms with van der Waals surface area (Å²) in [6.07, 6.45) is 0. The van der Waals surface area contributed by atoms with Crippen molar-refractivity contribution in [1.82, 2.24) is 0 Å². The molecule has 0 saturated heterocycles. The molecule has 0 unspecified atom stereocenters. The summed E-state index contributed by atoms with van der Waals surface area (Å²) in [5.41, 5.74) is -4.91. The van der Waals surface area contributed by atoms with E-state index in [0.29, 0.717) is 31.0 Å². The van der Waals surface area contributed by atoms with Crippen LogP contribution in [-0.2, 0) is 13.7 Å². The van der Waals surface area contributed by atoms with Gasteiger partial charge < -0.3 is 0 Å². The van der Waals surface area contributed by atoms with Gasteiger partial charge in [0.15, 0.2) is 5.78 Å². The van der Waals surface area contributed by atoms with Crippen molar-refractivity contribution in [3.8, 4) is 0 Å². The Morgan fingerprint density at radius 3 is 1.60 bits per heavy atom. The van der Waals surface area contributed by atoms with E-state index in [0.717, 1.165) is 0 Å². The zero-order valence-corrected chi connectivity index (χ0v) is 27.4. The number of benzene rings is 5. The van der Waals surface area contributed by atoms with Crippen molar-refractivity contribution in [2.45, 2.75) is 30.0 Å². The molecule has 0 aromatic heterocycles. The Morgan fingerprint density at radius 1 is 0.644 bits per heavy atom. The molecular weight excluding hydrogens is 708 g/mol. The predicted octanol–water partition coefficient (Wildman–Crippen LogP) is 11.1. The van der Waals surface area contributed by atoms with E-state index in [4.69, 9.17) is 38.4 Å². The van der Waals surface area contributed by atoms with E-state index < -0.39 is 25.9 Å². The van der Waals surface area contributed by atoms with Gasteiger partial charge in [0.25, 0.3) is 0 Å². The van der Waals surface area contributed by atoms with E-state index >= 15 is 0 Å². The molecule has 0 aliphatic rings. The highest BCUT2D eigenvalue weighted by atomic mass is 35.5. The minimum Gasteiger partial charge on any atom is -0.289 e. The van der Waals surface area contributed by atoms with Gasteiger partial charge in [0.1, 0.15) is 0 Å². The number of alkyl halides is 3. The molecule has 5 aromatic carbocycles. The molecule has 0 atom stereocenters. The van der Waals surface area contributed by atoms with E-state index in [1.807, 2.05) is 0 Å². The highest BCUT2D eigenvalue weighted by molar-refractivity contribution is 8.33. The topological polar surface area (TPSA) is 60.4 Å². The SMILES string of the molecule is O=C(c1ccccc1)c1cc(Sc2ccc(S(OS(=O)(=O)C(F)(F)F)(c3ccc(Cl)cc3)c3ccc(Cl)cc3)cc2)ccc1Cl. The molecule has 0 saturated carbocycles. The van der Waals surface area contributed by atoms with E-state index in [-0.39, 0.29) is 25.5 Å². The third-order valence-corrected chi connectivity index (χ3v) is 13.1. The molecule has 0 aliphatic carbocycles. The molecule has 5 aromatic rings. The third kappa shape index (κ3) is 7.23. The lowest BCUT2D eigenvalue weighted by atomic mass is 10.0. The second-order valence-electron chi connectivity index (χ2n) is 9.34. The summed E-state index contributed by atoms with van der Waals surface area (Å²) in [5, 5.41) is 0.870. The minimum atomic E-state index is -6.10. The van der Waals surface area contributed by atoms with Crippen molar-refractivity contribution in [2.75, 3.05) is 0 Å². The first-order chi connectivity index (χ1) is 21.3. The zero-order chi connectivity index (χ0) is 32.4. The maximum Gasteiger partial charge on any atom is 0.524 e. The summed E-state index contributed by atoms with van der Waals surface area (Å²) >= 11 is 19.8. The van der Waals surface area contributed by atoms with Gasteiger partial charge in [-0.25, -0.2) is 0 Å². The van der Waals surface area contributed by atoms with E-state index in [1.54, 1.807) is 60.7 Å². The largest absolute Gasteiger partial charge is 0.524 e. The van der Waals surface area contributed by atoms with Gasteiger partial charge in [-0.15, -0.1) is 0 Å². The Morgan fingerprint density at radius 2 is 1.11 bits per heavy atom. The van der Waals surface area contributed by atoms with E-state index in [9.17, 15) is 26.4 Å². The van der Waals surface area contributed by atoms with E-state index in [1.165, 1.54) is 72.4 Å². The smallest absolute Gasteiger partial charge is 0.289 e. The van der Waals surface area contributed by atoms with Gasteiger partial charge in [-0.1, -0.05) is 76.9 Å². The zero-order valence-electron chi connectivity index (χ0n) is 22.7. The van der Waals surface area contributed by atoms with Crippen LogP contribution in [0.3, 0.4) is 0 Å². The van der Waals surface area contributed by atoms with Gasteiger partial charge in [-0.05, 0) is 101 Å². The van der Waals surface area contributed by atoms with Gasteiger partial charge in [-0.3, -0.25) is 4.79 Å². The number of carbonyl (C=O) groups is 1. The first-order valence-corrected chi connectivity index (χ1v) is 17.8. The molecule has 0 aliphatic heterocycles. The third-order valence-electron chi connectivity index (χ3n) is 6.38. The number of halogens is 6. The molecular formula is C32H20Cl3F3O4S3. The number of carbonyl (C=O) groups excluding carboxylic acids is 1. The second kappa shape index (κ2) is 13.4. The molecule has 4 nitrogen and oxygen atoms in total. The first-order valence-electron chi connectivity index (χ1n) is 12.8. The fourth-order valence-corrected chi connectivity index (χ4v) is 10.3. The minimum absolute atomic E-state index is 0.157. The highest BCUT2D eigenvalue weighted by Crippen LogP contribution is 2.70.